The van der Waals surface area contributed by atoms with Crippen molar-refractivity contribution in [2.45, 2.75) is 19.6 Å². The van der Waals surface area contributed by atoms with Crippen LogP contribution in [0.3, 0.4) is 0 Å². The van der Waals surface area contributed by atoms with E-state index in [-0.39, 0.29) is 6.10 Å². The summed E-state index contributed by atoms with van der Waals surface area (Å²) in [6.45, 7) is 3.11. The summed E-state index contributed by atoms with van der Waals surface area (Å²) in [5, 5.41) is 6.44. The maximum atomic E-state index is 11.1. The van der Waals surface area contributed by atoms with E-state index >= 15 is 0 Å². The number of hydrogen-bond acceptors (Lipinski definition) is 4. The van der Waals surface area contributed by atoms with Gasteiger partial charge in [0.1, 0.15) is 6.10 Å². The van der Waals surface area contributed by atoms with Crippen molar-refractivity contribution in [3.05, 3.63) is 59.7 Å². The Balaban J connectivity index is 1.81. The molecule has 0 fully saturated rings. The summed E-state index contributed by atoms with van der Waals surface area (Å²) < 4.78 is 11.2. The fourth-order valence-electron chi connectivity index (χ4n) is 2.41. The van der Waals surface area contributed by atoms with E-state index < -0.39 is 5.91 Å². The molecule has 0 aliphatic carbocycles. The Kier molecular flexibility index (Phi) is 7.49. The second kappa shape index (κ2) is 10.1. The third-order valence-corrected chi connectivity index (χ3v) is 3.88. The van der Waals surface area contributed by atoms with Gasteiger partial charge in [-0.15, -0.1) is 0 Å². The second-order valence-electron chi connectivity index (χ2n) is 5.95. The van der Waals surface area contributed by atoms with Gasteiger partial charge in [-0.1, -0.05) is 24.3 Å². The summed E-state index contributed by atoms with van der Waals surface area (Å²) in [6, 6.07) is 14.7. The third kappa shape index (κ3) is 6.22. The highest BCUT2D eigenvalue weighted by Crippen LogP contribution is 2.26. The van der Waals surface area contributed by atoms with E-state index in [1.807, 2.05) is 43.3 Å². The van der Waals surface area contributed by atoms with Crippen molar-refractivity contribution >= 4 is 11.9 Å². The monoisotopic (exact) mass is 370 g/mol. The number of primary amides is 1. The number of carbonyl (C=O) groups is 1. The molecule has 7 nitrogen and oxygen atoms in total. The molecular formula is C20H26N4O3. The van der Waals surface area contributed by atoms with Crippen LogP contribution in [0.25, 0.3) is 0 Å². The second-order valence-corrected chi connectivity index (χ2v) is 5.95. The first-order chi connectivity index (χ1) is 13.0. The maximum absolute atomic E-state index is 11.1. The quantitative estimate of drug-likeness (QED) is 0.487. The van der Waals surface area contributed by atoms with Gasteiger partial charge in [-0.2, -0.15) is 0 Å². The molecule has 0 bridgehead atoms. The van der Waals surface area contributed by atoms with Crippen LogP contribution in [0, 0.1) is 0 Å². The lowest BCUT2D eigenvalue weighted by molar-refractivity contribution is 0.100. The Morgan fingerprint density at radius 1 is 1.11 bits per heavy atom. The fraction of sp³-hybridized carbons (Fsp3) is 0.300. The molecule has 1 atom stereocenters. The zero-order valence-electron chi connectivity index (χ0n) is 15.9. The lowest BCUT2D eigenvalue weighted by atomic mass is 10.1. The predicted molar refractivity (Wildman–Crippen MR) is 106 cm³/mol. The molecule has 0 aliphatic rings. The lowest BCUT2D eigenvalue weighted by Crippen LogP contribution is -2.41. The highest BCUT2D eigenvalue weighted by Gasteiger charge is 2.09. The van der Waals surface area contributed by atoms with Gasteiger partial charge in [0.25, 0.3) is 0 Å². The Labute approximate surface area is 159 Å². The number of benzene rings is 2. The van der Waals surface area contributed by atoms with E-state index in [0.717, 1.165) is 5.56 Å². The number of ether oxygens (including phenoxy) is 2. The molecule has 7 heteroatoms. The molecule has 0 saturated heterocycles. The maximum Gasteiger partial charge on any atom is 0.248 e. The number of amides is 1. The minimum atomic E-state index is -0.434. The molecule has 0 heterocycles. The van der Waals surface area contributed by atoms with Gasteiger partial charge in [-0.3, -0.25) is 9.79 Å². The molecule has 0 radical (unpaired) electrons. The van der Waals surface area contributed by atoms with Gasteiger partial charge >= 0.3 is 0 Å². The molecule has 0 aromatic heterocycles. The molecule has 0 aliphatic heterocycles. The van der Waals surface area contributed by atoms with Crippen molar-refractivity contribution in [2.24, 2.45) is 10.7 Å². The normalized spacial score (nSPS) is 12.2. The van der Waals surface area contributed by atoms with E-state index in [1.54, 1.807) is 26.3 Å². The first-order valence-corrected chi connectivity index (χ1v) is 8.66. The van der Waals surface area contributed by atoms with Crippen LogP contribution in [-0.4, -0.2) is 38.7 Å². The van der Waals surface area contributed by atoms with Crippen LogP contribution in [0.1, 0.15) is 22.8 Å². The third-order valence-electron chi connectivity index (χ3n) is 3.88. The van der Waals surface area contributed by atoms with Crippen LogP contribution in [-0.2, 0) is 6.54 Å². The Hall–Kier alpha value is -3.22. The van der Waals surface area contributed by atoms with E-state index in [4.69, 9.17) is 15.2 Å². The van der Waals surface area contributed by atoms with E-state index in [0.29, 0.717) is 36.1 Å². The molecule has 1 unspecified atom stereocenters. The fourth-order valence-corrected chi connectivity index (χ4v) is 2.41. The zero-order chi connectivity index (χ0) is 19.6. The van der Waals surface area contributed by atoms with Crippen LogP contribution in [0.5, 0.6) is 11.5 Å². The number of nitrogens with one attached hydrogen (secondary N) is 2. The molecule has 1 amide bonds. The Morgan fingerprint density at radius 3 is 2.37 bits per heavy atom. The largest absolute Gasteiger partial charge is 0.493 e. The molecule has 144 valence electrons. The SMILES string of the molecule is CN=C(NCc1ccc(C(N)=O)cc1)NCC(C)Oc1ccccc1OC. The van der Waals surface area contributed by atoms with Crippen LogP contribution >= 0.6 is 0 Å². The number of guanidine groups is 1. The number of nitrogens with zero attached hydrogens (tertiary/aromatic N) is 1. The van der Waals surface area contributed by atoms with Crippen molar-refractivity contribution < 1.29 is 14.3 Å². The summed E-state index contributed by atoms with van der Waals surface area (Å²) in [4.78, 5) is 15.3. The predicted octanol–water partition coefficient (Wildman–Crippen LogP) is 1.93. The van der Waals surface area contributed by atoms with Crippen LogP contribution < -0.4 is 25.8 Å². The number of nitrogens with two attached hydrogens (primary N) is 1. The molecule has 4 N–H and O–H groups in total. The average molecular weight is 370 g/mol. The topological polar surface area (TPSA) is 98.0 Å². The molecule has 2 aromatic carbocycles. The highest BCUT2D eigenvalue weighted by molar-refractivity contribution is 5.92. The lowest BCUT2D eigenvalue weighted by Gasteiger charge is -2.19. The summed E-state index contributed by atoms with van der Waals surface area (Å²) in [5.74, 6) is 1.62. The molecule has 2 aromatic rings. The molecule has 27 heavy (non-hydrogen) atoms. The van der Waals surface area contributed by atoms with Crippen molar-refractivity contribution in [1.82, 2.24) is 10.6 Å². The summed E-state index contributed by atoms with van der Waals surface area (Å²) >= 11 is 0. The zero-order valence-corrected chi connectivity index (χ0v) is 15.9. The summed E-state index contributed by atoms with van der Waals surface area (Å²) in [6.07, 6.45) is -0.0882. The van der Waals surface area contributed by atoms with Crippen molar-refractivity contribution in [1.29, 1.82) is 0 Å². The van der Waals surface area contributed by atoms with Crippen LogP contribution in [0.2, 0.25) is 0 Å². The highest BCUT2D eigenvalue weighted by atomic mass is 16.5. The van der Waals surface area contributed by atoms with Gasteiger partial charge in [-0.25, -0.2) is 0 Å². The first kappa shape index (κ1) is 20.1. The van der Waals surface area contributed by atoms with Gasteiger partial charge < -0.3 is 25.8 Å². The standard InChI is InChI=1S/C20H26N4O3/c1-14(27-18-7-5-4-6-17(18)26-3)12-23-20(22-2)24-13-15-8-10-16(11-9-15)19(21)25/h4-11,14H,12-13H2,1-3H3,(H2,21,25)(H2,22,23,24). The number of para-hydroxylation sites is 2. The Morgan fingerprint density at radius 2 is 1.78 bits per heavy atom. The smallest absolute Gasteiger partial charge is 0.248 e. The number of rotatable bonds is 8. The molecule has 2 rings (SSSR count). The molecule has 0 saturated carbocycles. The first-order valence-electron chi connectivity index (χ1n) is 8.66. The van der Waals surface area contributed by atoms with Crippen LogP contribution in [0.15, 0.2) is 53.5 Å². The number of aliphatic imine (C=N–C) groups is 1. The van der Waals surface area contributed by atoms with Gasteiger partial charge in [0.15, 0.2) is 17.5 Å². The van der Waals surface area contributed by atoms with Crippen molar-refractivity contribution in [3.8, 4) is 11.5 Å². The van der Waals surface area contributed by atoms with Gasteiger partial charge in [0, 0.05) is 19.2 Å². The Bertz CT molecular complexity index is 775. The summed E-state index contributed by atoms with van der Waals surface area (Å²) in [7, 11) is 3.32. The number of carbonyl (C=O) groups excluding carboxylic acids is 1. The summed E-state index contributed by atoms with van der Waals surface area (Å²) in [5.41, 5.74) is 6.75. The number of hydrogen-bond donors (Lipinski definition) is 3. The van der Waals surface area contributed by atoms with E-state index in [1.165, 1.54) is 0 Å². The van der Waals surface area contributed by atoms with E-state index in [9.17, 15) is 4.79 Å². The van der Waals surface area contributed by atoms with Gasteiger partial charge in [-0.05, 0) is 36.8 Å². The van der Waals surface area contributed by atoms with Gasteiger partial charge in [0.2, 0.25) is 5.91 Å². The van der Waals surface area contributed by atoms with Crippen LogP contribution in [0.4, 0.5) is 0 Å². The van der Waals surface area contributed by atoms with Crippen molar-refractivity contribution in [2.75, 3.05) is 20.7 Å². The van der Waals surface area contributed by atoms with Crippen molar-refractivity contribution in [3.63, 3.8) is 0 Å². The molecule has 0 spiro atoms. The number of methoxy groups -OCH3 is 1. The minimum absolute atomic E-state index is 0.0882. The minimum Gasteiger partial charge on any atom is -0.493 e. The van der Waals surface area contributed by atoms with Gasteiger partial charge in [0.05, 0.1) is 13.7 Å². The molecular weight excluding hydrogens is 344 g/mol. The average Bonchev–Trinajstić information content (AvgIpc) is 2.68. The van der Waals surface area contributed by atoms with E-state index in [2.05, 4.69) is 15.6 Å².